The number of nitrogens with one attached hydrogen (secondary N) is 1. The Labute approximate surface area is 122 Å². The van der Waals surface area contributed by atoms with E-state index in [9.17, 15) is 14.9 Å². The van der Waals surface area contributed by atoms with E-state index in [0.717, 1.165) is 0 Å². The molecule has 0 aliphatic heterocycles. The summed E-state index contributed by atoms with van der Waals surface area (Å²) in [5.74, 6) is 0. The quantitative estimate of drug-likeness (QED) is 0.537. The molecule has 0 amide bonds. The van der Waals surface area contributed by atoms with Gasteiger partial charge in [-0.05, 0) is 13.0 Å². The topological polar surface area (TPSA) is 91.3 Å². The molecule has 1 aromatic carbocycles. The fourth-order valence-electron chi connectivity index (χ4n) is 2.83. The highest BCUT2D eigenvalue weighted by atomic mass is 16.4. The van der Waals surface area contributed by atoms with Crippen LogP contribution < -0.4 is 11.2 Å². The number of nitrogens with zero attached hydrogens (tertiary/aromatic N) is 2. The highest BCUT2D eigenvalue weighted by Gasteiger charge is 2.20. The van der Waals surface area contributed by atoms with Crippen molar-refractivity contribution in [3.05, 3.63) is 62.4 Å². The van der Waals surface area contributed by atoms with Crippen molar-refractivity contribution in [1.82, 2.24) is 9.38 Å². The lowest BCUT2D eigenvalue weighted by atomic mass is 10.1. The van der Waals surface area contributed by atoms with Crippen LogP contribution in [0.15, 0.2) is 44.3 Å². The van der Waals surface area contributed by atoms with Crippen molar-refractivity contribution in [3.8, 4) is 6.07 Å². The first-order valence-corrected chi connectivity index (χ1v) is 6.62. The molecule has 6 heteroatoms. The second-order valence-electron chi connectivity index (χ2n) is 5.08. The van der Waals surface area contributed by atoms with Gasteiger partial charge in [0.1, 0.15) is 17.3 Å². The van der Waals surface area contributed by atoms with Gasteiger partial charge in [-0.3, -0.25) is 4.79 Å². The molecule has 0 aliphatic carbocycles. The van der Waals surface area contributed by atoms with Crippen LogP contribution in [0.4, 0.5) is 0 Å². The van der Waals surface area contributed by atoms with Crippen LogP contribution in [-0.2, 0) is 0 Å². The third-order valence-electron chi connectivity index (χ3n) is 3.72. The zero-order valence-corrected chi connectivity index (χ0v) is 11.5. The van der Waals surface area contributed by atoms with Crippen LogP contribution in [0.1, 0.15) is 11.3 Å². The first kappa shape index (κ1) is 12.4. The van der Waals surface area contributed by atoms with Crippen molar-refractivity contribution in [2.45, 2.75) is 6.92 Å². The standard InChI is InChI=1S/C16H9N3O3/c1-8-6-12(20)19-14(18-8)11(7-17)13-9-4-2-3-5-10(9)16(21)22-15(13)19/h2-6,18H,1H3. The summed E-state index contributed by atoms with van der Waals surface area (Å²) < 4.78 is 6.56. The van der Waals surface area contributed by atoms with Gasteiger partial charge in [0.15, 0.2) is 0 Å². The molecule has 4 rings (SSSR count). The molecule has 0 saturated carbocycles. The molecule has 1 N–H and O–H groups in total. The first-order chi connectivity index (χ1) is 10.6. The maximum absolute atomic E-state index is 12.3. The lowest BCUT2D eigenvalue weighted by Gasteiger charge is -1.98. The zero-order valence-electron chi connectivity index (χ0n) is 11.5. The maximum atomic E-state index is 12.3. The summed E-state index contributed by atoms with van der Waals surface area (Å²) in [4.78, 5) is 27.4. The average molecular weight is 291 g/mol. The van der Waals surface area contributed by atoms with Crippen LogP contribution in [0.3, 0.4) is 0 Å². The summed E-state index contributed by atoms with van der Waals surface area (Å²) >= 11 is 0. The Kier molecular flexibility index (Phi) is 2.31. The van der Waals surface area contributed by atoms with E-state index in [1.165, 1.54) is 10.5 Å². The number of hydrogen-bond acceptors (Lipinski definition) is 4. The Balaban J connectivity index is 2.49. The van der Waals surface area contributed by atoms with E-state index < -0.39 is 5.63 Å². The fourth-order valence-corrected chi connectivity index (χ4v) is 2.83. The zero-order chi connectivity index (χ0) is 15.4. The predicted molar refractivity (Wildman–Crippen MR) is 81.0 cm³/mol. The van der Waals surface area contributed by atoms with E-state index >= 15 is 0 Å². The Morgan fingerprint density at radius 2 is 1.95 bits per heavy atom. The monoisotopic (exact) mass is 291 g/mol. The molecule has 0 radical (unpaired) electrons. The number of nitriles is 1. The van der Waals surface area contributed by atoms with Gasteiger partial charge in [0.25, 0.3) is 5.56 Å². The van der Waals surface area contributed by atoms with Gasteiger partial charge >= 0.3 is 5.63 Å². The molecule has 3 heterocycles. The molecule has 0 fully saturated rings. The van der Waals surface area contributed by atoms with Gasteiger partial charge in [-0.1, -0.05) is 18.2 Å². The molecule has 0 atom stereocenters. The van der Waals surface area contributed by atoms with E-state index in [-0.39, 0.29) is 16.8 Å². The number of aryl methyl sites for hydroxylation is 1. The van der Waals surface area contributed by atoms with Crippen LogP contribution in [0.5, 0.6) is 0 Å². The molecular formula is C16H9N3O3. The second-order valence-corrected chi connectivity index (χ2v) is 5.08. The SMILES string of the molecule is Cc1cc(=O)n2c([nH]1)c(C#N)c1c3ccccc3c(=O)oc12. The number of aromatic amines is 1. The molecule has 0 aliphatic rings. The van der Waals surface area contributed by atoms with Gasteiger partial charge in [0.2, 0.25) is 5.71 Å². The molecule has 0 saturated heterocycles. The number of benzene rings is 1. The molecular weight excluding hydrogens is 282 g/mol. The number of hydrogen-bond donors (Lipinski definition) is 1. The minimum atomic E-state index is -0.535. The normalized spacial score (nSPS) is 11.3. The molecule has 106 valence electrons. The molecule has 0 bridgehead atoms. The summed E-state index contributed by atoms with van der Waals surface area (Å²) in [6.07, 6.45) is 0. The Hall–Kier alpha value is -3.33. The van der Waals surface area contributed by atoms with Crippen molar-refractivity contribution in [3.63, 3.8) is 0 Å². The molecule has 4 aromatic rings. The highest BCUT2D eigenvalue weighted by Crippen LogP contribution is 2.29. The summed E-state index contributed by atoms with van der Waals surface area (Å²) in [6.45, 7) is 1.73. The lowest BCUT2D eigenvalue weighted by Crippen LogP contribution is -2.13. The van der Waals surface area contributed by atoms with Crippen molar-refractivity contribution < 1.29 is 4.42 Å². The van der Waals surface area contributed by atoms with Gasteiger partial charge < -0.3 is 9.40 Å². The van der Waals surface area contributed by atoms with Crippen molar-refractivity contribution in [2.75, 3.05) is 0 Å². The maximum Gasteiger partial charge on any atom is 0.345 e. The summed E-state index contributed by atoms with van der Waals surface area (Å²) in [5, 5.41) is 11.0. The Morgan fingerprint density at radius 1 is 1.23 bits per heavy atom. The summed E-state index contributed by atoms with van der Waals surface area (Å²) in [6, 6.07) is 10.4. The van der Waals surface area contributed by atoms with Gasteiger partial charge in [-0.2, -0.15) is 5.26 Å². The van der Waals surface area contributed by atoms with Crippen LogP contribution in [0, 0.1) is 18.3 Å². The second kappa shape index (κ2) is 4.09. The van der Waals surface area contributed by atoms with Crippen molar-refractivity contribution in [1.29, 1.82) is 5.26 Å². The number of rotatable bonds is 0. The fraction of sp³-hybridized carbons (Fsp3) is 0.0625. The van der Waals surface area contributed by atoms with Gasteiger partial charge in [0, 0.05) is 17.1 Å². The number of fused-ring (bicyclic) bond motifs is 5. The third kappa shape index (κ3) is 1.42. The number of H-pyrrole nitrogens is 1. The molecule has 6 nitrogen and oxygen atoms in total. The van der Waals surface area contributed by atoms with Gasteiger partial charge in [-0.25, -0.2) is 9.20 Å². The average Bonchev–Trinajstić information content (AvgIpc) is 2.81. The summed E-state index contributed by atoms with van der Waals surface area (Å²) in [5.41, 5.74) is 0.459. The smallest absolute Gasteiger partial charge is 0.345 e. The van der Waals surface area contributed by atoms with E-state index in [2.05, 4.69) is 11.1 Å². The lowest BCUT2D eigenvalue weighted by molar-refractivity contribution is 0.553. The van der Waals surface area contributed by atoms with Crippen LogP contribution in [0.25, 0.3) is 27.5 Å². The molecule has 3 aromatic heterocycles. The largest absolute Gasteiger partial charge is 0.404 e. The molecule has 22 heavy (non-hydrogen) atoms. The van der Waals surface area contributed by atoms with Crippen LogP contribution in [-0.4, -0.2) is 9.38 Å². The summed E-state index contributed by atoms with van der Waals surface area (Å²) in [7, 11) is 0. The molecule has 0 unspecified atom stereocenters. The molecule has 0 spiro atoms. The van der Waals surface area contributed by atoms with Gasteiger partial charge in [-0.15, -0.1) is 0 Å². The number of aromatic nitrogens is 2. The minimum absolute atomic E-state index is 0.0940. The van der Waals surface area contributed by atoms with E-state index in [1.807, 2.05) is 0 Å². The van der Waals surface area contributed by atoms with E-state index in [1.54, 1.807) is 31.2 Å². The van der Waals surface area contributed by atoms with Crippen molar-refractivity contribution in [2.24, 2.45) is 0 Å². The first-order valence-electron chi connectivity index (χ1n) is 6.62. The Morgan fingerprint density at radius 3 is 2.68 bits per heavy atom. The Bertz CT molecular complexity index is 1240. The van der Waals surface area contributed by atoms with Gasteiger partial charge in [0.05, 0.1) is 10.8 Å². The highest BCUT2D eigenvalue weighted by molar-refractivity contribution is 6.09. The van der Waals surface area contributed by atoms with Crippen LogP contribution >= 0.6 is 0 Å². The van der Waals surface area contributed by atoms with Crippen molar-refractivity contribution >= 4 is 27.5 Å². The predicted octanol–water partition coefficient (Wildman–Crippen LogP) is 2.07. The van der Waals surface area contributed by atoms with E-state index in [0.29, 0.717) is 27.5 Å². The minimum Gasteiger partial charge on any atom is -0.404 e. The van der Waals surface area contributed by atoms with E-state index in [4.69, 9.17) is 4.42 Å². The van der Waals surface area contributed by atoms with Crippen LogP contribution in [0.2, 0.25) is 0 Å². The third-order valence-corrected chi connectivity index (χ3v) is 3.72.